The Morgan fingerprint density at radius 3 is 2.56 bits per heavy atom. The summed E-state index contributed by atoms with van der Waals surface area (Å²) in [6.45, 7) is 6.93. The number of rotatable bonds is 6. The van der Waals surface area contributed by atoms with Gasteiger partial charge in [-0.25, -0.2) is 0 Å². The highest BCUT2D eigenvalue weighted by Gasteiger charge is 2.16. The van der Waals surface area contributed by atoms with Crippen LogP contribution < -0.4 is 5.32 Å². The maximum absolute atomic E-state index is 12.1. The van der Waals surface area contributed by atoms with Crippen molar-refractivity contribution in [2.24, 2.45) is 0 Å². The van der Waals surface area contributed by atoms with E-state index in [0.29, 0.717) is 24.1 Å². The van der Waals surface area contributed by atoms with Crippen LogP contribution in [-0.2, 0) is 23.3 Å². The number of nitrogens with zero attached hydrogens (tertiary/aromatic N) is 2. The number of nitrogens with one attached hydrogen (secondary N) is 1. The molecule has 0 aliphatic heterocycles. The van der Waals surface area contributed by atoms with Crippen molar-refractivity contribution < 1.29 is 18.5 Å². The normalized spacial score (nSPS) is 11.6. The van der Waals surface area contributed by atoms with Crippen molar-refractivity contribution in [1.82, 2.24) is 15.5 Å². The molecule has 2 aromatic heterocycles. The number of furan rings is 1. The molecule has 1 amide bonds. The second-order valence-electron chi connectivity index (χ2n) is 7.22. The fourth-order valence-electron chi connectivity index (χ4n) is 2.52. The number of hydrogen-bond donors (Lipinski definition) is 1. The minimum atomic E-state index is -0.349. The first-order valence-corrected chi connectivity index (χ1v) is 8.66. The summed E-state index contributed by atoms with van der Waals surface area (Å²) in [5, 5.41) is 6.62. The molecule has 0 spiro atoms. The van der Waals surface area contributed by atoms with Crippen LogP contribution in [0.4, 0.5) is 0 Å². The van der Waals surface area contributed by atoms with E-state index in [1.807, 2.05) is 12.1 Å². The van der Waals surface area contributed by atoms with E-state index >= 15 is 0 Å². The lowest BCUT2D eigenvalue weighted by molar-refractivity contribution is 0.0913. The van der Waals surface area contributed by atoms with Gasteiger partial charge in [0.2, 0.25) is 0 Å². The van der Waals surface area contributed by atoms with Crippen LogP contribution in [0.3, 0.4) is 0 Å². The predicted molar refractivity (Wildman–Crippen MR) is 99.0 cm³/mol. The van der Waals surface area contributed by atoms with E-state index in [1.165, 1.54) is 5.56 Å². The van der Waals surface area contributed by atoms with Crippen molar-refractivity contribution in [3.63, 3.8) is 0 Å². The Balaban J connectivity index is 1.61. The van der Waals surface area contributed by atoms with E-state index in [4.69, 9.17) is 13.7 Å². The zero-order valence-electron chi connectivity index (χ0n) is 15.9. The van der Waals surface area contributed by atoms with Crippen molar-refractivity contribution in [3.05, 3.63) is 59.3 Å². The van der Waals surface area contributed by atoms with E-state index in [-0.39, 0.29) is 23.6 Å². The van der Waals surface area contributed by atoms with Crippen LogP contribution in [0.2, 0.25) is 0 Å². The average molecular weight is 369 g/mol. The molecular formula is C20H23N3O4. The van der Waals surface area contributed by atoms with Gasteiger partial charge in [-0.05, 0) is 35.2 Å². The summed E-state index contributed by atoms with van der Waals surface area (Å²) < 4.78 is 15.6. The van der Waals surface area contributed by atoms with Gasteiger partial charge in [0.15, 0.2) is 11.6 Å². The molecule has 2 heterocycles. The van der Waals surface area contributed by atoms with E-state index in [2.05, 4.69) is 48.4 Å². The number of ether oxygens (including phenoxy) is 1. The number of aromatic nitrogens is 2. The standard InChI is InChI=1S/C20H23N3O4/c1-20(2,3)14-7-5-13(6-8-14)19-22-17(23-27-19)11-21-18(24)16-10-9-15(26-16)12-25-4/h5-10H,11-12H2,1-4H3,(H,21,24). The van der Waals surface area contributed by atoms with Crippen LogP contribution in [-0.4, -0.2) is 23.2 Å². The molecule has 0 atom stereocenters. The molecule has 0 radical (unpaired) electrons. The van der Waals surface area contributed by atoms with Crippen molar-refractivity contribution in [3.8, 4) is 11.5 Å². The lowest BCUT2D eigenvalue weighted by Gasteiger charge is -2.18. The van der Waals surface area contributed by atoms with Crippen LogP contribution in [0.1, 0.15) is 48.5 Å². The maximum atomic E-state index is 12.1. The summed E-state index contributed by atoms with van der Waals surface area (Å²) in [6, 6.07) is 11.3. The van der Waals surface area contributed by atoms with Gasteiger partial charge < -0.3 is 19.0 Å². The van der Waals surface area contributed by atoms with E-state index in [9.17, 15) is 4.79 Å². The summed E-state index contributed by atoms with van der Waals surface area (Å²) >= 11 is 0. The topological polar surface area (TPSA) is 90.4 Å². The smallest absolute Gasteiger partial charge is 0.287 e. The van der Waals surface area contributed by atoms with Gasteiger partial charge in [0.25, 0.3) is 11.8 Å². The third-order valence-corrected chi connectivity index (χ3v) is 4.05. The Labute approximate surface area is 157 Å². The molecule has 142 valence electrons. The third kappa shape index (κ3) is 4.62. The average Bonchev–Trinajstić information content (AvgIpc) is 3.29. The molecule has 0 unspecified atom stereocenters. The Morgan fingerprint density at radius 2 is 1.89 bits per heavy atom. The minimum Gasteiger partial charge on any atom is -0.453 e. The first kappa shape index (κ1) is 18.8. The fraction of sp³-hybridized carbons (Fsp3) is 0.350. The van der Waals surface area contributed by atoms with Gasteiger partial charge in [-0.1, -0.05) is 38.1 Å². The minimum absolute atomic E-state index is 0.0811. The summed E-state index contributed by atoms with van der Waals surface area (Å²) in [5.74, 6) is 1.26. The summed E-state index contributed by atoms with van der Waals surface area (Å²) in [7, 11) is 1.56. The molecule has 3 rings (SSSR count). The predicted octanol–water partition coefficient (Wildman–Crippen LogP) is 3.70. The second-order valence-corrected chi connectivity index (χ2v) is 7.22. The molecule has 7 heteroatoms. The molecule has 0 aliphatic rings. The molecule has 0 aliphatic carbocycles. The summed E-state index contributed by atoms with van der Waals surface area (Å²) in [6.07, 6.45) is 0. The molecule has 1 N–H and O–H groups in total. The molecule has 3 aromatic rings. The van der Waals surface area contributed by atoms with Crippen molar-refractivity contribution in [2.75, 3.05) is 7.11 Å². The van der Waals surface area contributed by atoms with Gasteiger partial charge in [0, 0.05) is 12.7 Å². The van der Waals surface area contributed by atoms with Gasteiger partial charge in [0.05, 0.1) is 6.54 Å². The highest BCUT2D eigenvalue weighted by Crippen LogP contribution is 2.25. The van der Waals surface area contributed by atoms with Crippen LogP contribution in [0.5, 0.6) is 0 Å². The fourth-order valence-corrected chi connectivity index (χ4v) is 2.52. The first-order chi connectivity index (χ1) is 12.9. The molecule has 0 fully saturated rings. The van der Waals surface area contributed by atoms with E-state index < -0.39 is 0 Å². The molecule has 0 bridgehead atoms. The first-order valence-electron chi connectivity index (χ1n) is 8.66. The number of carbonyl (C=O) groups excluding carboxylic acids is 1. The number of amides is 1. The van der Waals surface area contributed by atoms with Gasteiger partial charge in [-0.3, -0.25) is 4.79 Å². The Kier molecular flexibility index (Phi) is 5.41. The zero-order valence-corrected chi connectivity index (χ0v) is 15.9. The van der Waals surface area contributed by atoms with Crippen LogP contribution in [0, 0.1) is 0 Å². The number of methoxy groups -OCH3 is 1. The quantitative estimate of drug-likeness (QED) is 0.712. The third-order valence-electron chi connectivity index (χ3n) is 4.05. The van der Waals surface area contributed by atoms with E-state index in [1.54, 1.807) is 19.2 Å². The van der Waals surface area contributed by atoms with E-state index in [0.717, 1.165) is 5.56 Å². The molecule has 7 nitrogen and oxygen atoms in total. The van der Waals surface area contributed by atoms with Gasteiger partial charge in [-0.15, -0.1) is 0 Å². The van der Waals surface area contributed by atoms with Gasteiger partial charge in [0.1, 0.15) is 12.4 Å². The van der Waals surface area contributed by atoms with Crippen molar-refractivity contribution in [1.29, 1.82) is 0 Å². The maximum Gasteiger partial charge on any atom is 0.287 e. The monoisotopic (exact) mass is 369 g/mol. The van der Waals surface area contributed by atoms with Crippen LogP contribution >= 0.6 is 0 Å². The van der Waals surface area contributed by atoms with Crippen molar-refractivity contribution in [2.45, 2.75) is 39.3 Å². The number of hydrogen-bond acceptors (Lipinski definition) is 6. The van der Waals surface area contributed by atoms with Gasteiger partial charge in [-0.2, -0.15) is 4.98 Å². The molecular weight excluding hydrogens is 346 g/mol. The SMILES string of the molecule is COCc1ccc(C(=O)NCc2noc(-c3ccc(C(C)(C)C)cc3)n2)o1. The largest absolute Gasteiger partial charge is 0.453 e. The molecule has 1 aromatic carbocycles. The second kappa shape index (κ2) is 7.75. The van der Waals surface area contributed by atoms with Crippen LogP contribution in [0.25, 0.3) is 11.5 Å². The van der Waals surface area contributed by atoms with Crippen molar-refractivity contribution >= 4 is 5.91 Å². The zero-order chi connectivity index (χ0) is 19.4. The van der Waals surface area contributed by atoms with Crippen LogP contribution in [0.15, 0.2) is 45.3 Å². The highest BCUT2D eigenvalue weighted by atomic mass is 16.5. The molecule has 0 saturated carbocycles. The Hall–Kier alpha value is -2.93. The van der Waals surface area contributed by atoms with Gasteiger partial charge >= 0.3 is 0 Å². The number of carbonyl (C=O) groups is 1. The Bertz CT molecular complexity index is 904. The Morgan fingerprint density at radius 1 is 1.15 bits per heavy atom. The summed E-state index contributed by atoms with van der Waals surface area (Å²) in [5.41, 5.74) is 2.14. The molecule has 27 heavy (non-hydrogen) atoms. The summed E-state index contributed by atoms with van der Waals surface area (Å²) in [4.78, 5) is 16.4. The molecule has 0 saturated heterocycles. The number of benzene rings is 1. The lowest BCUT2D eigenvalue weighted by Crippen LogP contribution is -2.22. The lowest BCUT2D eigenvalue weighted by atomic mass is 9.87. The highest BCUT2D eigenvalue weighted by molar-refractivity contribution is 5.91.